The minimum absolute atomic E-state index is 0.0647. The van der Waals surface area contributed by atoms with Crippen LogP contribution in [0.15, 0.2) is 30.3 Å². The van der Waals surface area contributed by atoms with E-state index in [1.807, 2.05) is 30.3 Å². The van der Waals surface area contributed by atoms with Crippen LogP contribution in [0.3, 0.4) is 0 Å². The number of benzene rings is 1. The van der Waals surface area contributed by atoms with Crippen molar-refractivity contribution in [3.63, 3.8) is 0 Å². The molecule has 1 aliphatic carbocycles. The van der Waals surface area contributed by atoms with Crippen molar-refractivity contribution >= 4 is 5.78 Å². The molecule has 1 fully saturated rings. The minimum atomic E-state index is 0.0647. The maximum absolute atomic E-state index is 12.5. The van der Waals surface area contributed by atoms with E-state index in [1.54, 1.807) is 0 Å². The van der Waals surface area contributed by atoms with Crippen molar-refractivity contribution in [1.29, 1.82) is 0 Å². The van der Waals surface area contributed by atoms with Crippen molar-refractivity contribution in [3.05, 3.63) is 35.9 Å². The van der Waals surface area contributed by atoms with Gasteiger partial charge in [0.25, 0.3) is 0 Å². The number of carbonyl (C=O) groups excluding carboxylic acids is 1. The predicted molar refractivity (Wildman–Crippen MR) is 70.3 cm³/mol. The summed E-state index contributed by atoms with van der Waals surface area (Å²) in [5.41, 5.74) is 0.846. The molecule has 0 heterocycles. The number of hydrogen-bond donors (Lipinski definition) is 0. The van der Waals surface area contributed by atoms with Crippen molar-refractivity contribution in [2.45, 2.75) is 45.2 Å². The molecule has 0 amide bonds. The van der Waals surface area contributed by atoms with Gasteiger partial charge >= 0.3 is 0 Å². The van der Waals surface area contributed by atoms with E-state index in [1.165, 1.54) is 12.8 Å². The van der Waals surface area contributed by atoms with Crippen LogP contribution in [0.25, 0.3) is 0 Å². The molecule has 0 aromatic heterocycles. The number of likely N-dealkylation sites (N-methyl/N-ethyl adjacent to an activating group) is 1. The van der Waals surface area contributed by atoms with Crippen LogP contribution in [0.4, 0.5) is 0 Å². The van der Waals surface area contributed by atoms with Gasteiger partial charge in [-0.05, 0) is 25.8 Å². The molecule has 1 aliphatic rings. The number of ketones is 1. The van der Waals surface area contributed by atoms with Gasteiger partial charge in [-0.2, -0.15) is 0 Å². The van der Waals surface area contributed by atoms with E-state index in [0.29, 0.717) is 6.04 Å². The molecule has 17 heavy (non-hydrogen) atoms. The number of nitrogens with zero attached hydrogens (tertiary/aromatic N) is 1. The molecule has 0 spiro atoms. The summed E-state index contributed by atoms with van der Waals surface area (Å²) in [6.07, 6.45) is 3.41. The van der Waals surface area contributed by atoms with Gasteiger partial charge < -0.3 is 0 Å². The third-order valence-corrected chi connectivity index (χ3v) is 3.53. The summed E-state index contributed by atoms with van der Waals surface area (Å²) in [5.74, 6) is 0.279. The number of carbonyl (C=O) groups is 1. The first-order valence-electron chi connectivity index (χ1n) is 6.63. The van der Waals surface area contributed by atoms with Crippen LogP contribution < -0.4 is 0 Å². The van der Waals surface area contributed by atoms with Gasteiger partial charge in [-0.3, -0.25) is 9.69 Å². The van der Waals surface area contributed by atoms with Crippen LogP contribution in [0, 0.1) is 0 Å². The minimum Gasteiger partial charge on any atom is -0.292 e. The molecule has 2 heteroatoms. The van der Waals surface area contributed by atoms with Gasteiger partial charge in [0.2, 0.25) is 0 Å². The first kappa shape index (κ1) is 12.3. The molecule has 1 atom stereocenters. The first-order chi connectivity index (χ1) is 8.27. The van der Waals surface area contributed by atoms with E-state index in [-0.39, 0.29) is 11.8 Å². The number of Topliss-reactive ketones (excluding diaryl/α,β-unsaturated/α-hetero) is 1. The lowest BCUT2D eigenvalue weighted by atomic mass is 10.0. The van der Waals surface area contributed by atoms with Crippen LogP contribution >= 0.6 is 0 Å². The van der Waals surface area contributed by atoms with Crippen LogP contribution in [0.2, 0.25) is 0 Å². The molecule has 2 nitrogen and oxygen atoms in total. The maximum atomic E-state index is 12.5. The molecular weight excluding hydrogens is 210 g/mol. The number of rotatable bonds is 6. The highest BCUT2D eigenvalue weighted by Crippen LogP contribution is 2.30. The van der Waals surface area contributed by atoms with Crippen molar-refractivity contribution in [2.24, 2.45) is 0 Å². The van der Waals surface area contributed by atoms with Crippen LogP contribution in [0.1, 0.15) is 43.5 Å². The molecule has 1 aromatic carbocycles. The standard InChI is InChI=1S/C15H21NO/c1-3-14(16(4-2)13-10-11-13)15(17)12-8-6-5-7-9-12/h5-9,13-14H,3-4,10-11H2,1-2H3. The van der Waals surface area contributed by atoms with Crippen molar-refractivity contribution in [2.75, 3.05) is 6.54 Å². The SMILES string of the molecule is CCC(C(=O)c1ccccc1)N(CC)C1CC1. The Hall–Kier alpha value is -1.15. The summed E-state index contributed by atoms with van der Waals surface area (Å²) in [7, 11) is 0. The lowest BCUT2D eigenvalue weighted by molar-refractivity contribution is 0.0806. The van der Waals surface area contributed by atoms with Crippen molar-refractivity contribution in [3.8, 4) is 0 Å². The van der Waals surface area contributed by atoms with Gasteiger partial charge in [-0.1, -0.05) is 44.2 Å². The molecule has 0 saturated heterocycles. The third kappa shape index (κ3) is 2.75. The molecule has 1 aromatic rings. The van der Waals surface area contributed by atoms with E-state index >= 15 is 0 Å². The normalized spacial score (nSPS) is 17.1. The van der Waals surface area contributed by atoms with Gasteiger partial charge in [0.15, 0.2) is 5.78 Å². The fourth-order valence-corrected chi connectivity index (χ4v) is 2.50. The monoisotopic (exact) mass is 231 g/mol. The average Bonchev–Trinajstić information content (AvgIpc) is 3.20. The van der Waals surface area contributed by atoms with Gasteiger partial charge in [0.1, 0.15) is 0 Å². The summed E-state index contributed by atoms with van der Waals surface area (Å²) in [5, 5.41) is 0. The molecule has 92 valence electrons. The highest BCUT2D eigenvalue weighted by Gasteiger charge is 2.35. The van der Waals surface area contributed by atoms with Crippen LogP contribution in [0.5, 0.6) is 0 Å². The Morgan fingerprint density at radius 1 is 1.29 bits per heavy atom. The van der Waals surface area contributed by atoms with Gasteiger partial charge in [0, 0.05) is 11.6 Å². The van der Waals surface area contributed by atoms with Crippen LogP contribution in [-0.2, 0) is 0 Å². The summed E-state index contributed by atoms with van der Waals surface area (Å²) in [6.45, 7) is 5.23. The Bertz CT molecular complexity index is 370. The third-order valence-electron chi connectivity index (χ3n) is 3.53. The lowest BCUT2D eigenvalue weighted by Gasteiger charge is -2.28. The lowest BCUT2D eigenvalue weighted by Crippen LogP contribution is -2.42. The van der Waals surface area contributed by atoms with Gasteiger partial charge in [0.05, 0.1) is 6.04 Å². The Morgan fingerprint density at radius 2 is 1.94 bits per heavy atom. The van der Waals surface area contributed by atoms with Crippen LogP contribution in [-0.4, -0.2) is 29.3 Å². The molecular formula is C15H21NO. The Kier molecular flexibility index (Phi) is 3.95. The van der Waals surface area contributed by atoms with Gasteiger partial charge in [-0.25, -0.2) is 0 Å². The zero-order valence-corrected chi connectivity index (χ0v) is 10.7. The summed E-state index contributed by atoms with van der Waals surface area (Å²) >= 11 is 0. The van der Waals surface area contributed by atoms with Crippen molar-refractivity contribution in [1.82, 2.24) is 4.90 Å². The van der Waals surface area contributed by atoms with E-state index in [0.717, 1.165) is 18.5 Å². The second kappa shape index (κ2) is 5.46. The average molecular weight is 231 g/mol. The molecule has 1 unspecified atom stereocenters. The fraction of sp³-hybridized carbons (Fsp3) is 0.533. The Balaban J connectivity index is 2.14. The fourth-order valence-electron chi connectivity index (χ4n) is 2.50. The molecule has 0 bridgehead atoms. The van der Waals surface area contributed by atoms with E-state index in [4.69, 9.17) is 0 Å². The Labute approximate surface area is 104 Å². The predicted octanol–water partition coefficient (Wildman–Crippen LogP) is 3.13. The molecule has 1 saturated carbocycles. The molecule has 0 aliphatic heterocycles. The highest BCUT2D eigenvalue weighted by molar-refractivity contribution is 6.00. The second-order valence-corrected chi connectivity index (χ2v) is 4.72. The summed E-state index contributed by atoms with van der Waals surface area (Å²) in [6, 6.07) is 10.4. The zero-order chi connectivity index (χ0) is 12.3. The summed E-state index contributed by atoms with van der Waals surface area (Å²) < 4.78 is 0. The van der Waals surface area contributed by atoms with Crippen molar-refractivity contribution < 1.29 is 4.79 Å². The quantitative estimate of drug-likeness (QED) is 0.701. The van der Waals surface area contributed by atoms with E-state index in [9.17, 15) is 4.79 Å². The largest absolute Gasteiger partial charge is 0.292 e. The topological polar surface area (TPSA) is 20.3 Å². The molecule has 0 radical (unpaired) electrons. The molecule has 2 rings (SSSR count). The second-order valence-electron chi connectivity index (χ2n) is 4.72. The van der Waals surface area contributed by atoms with E-state index < -0.39 is 0 Å². The number of hydrogen-bond acceptors (Lipinski definition) is 2. The first-order valence-corrected chi connectivity index (χ1v) is 6.63. The smallest absolute Gasteiger partial charge is 0.179 e. The summed E-state index contributed by atoms with van der Waals surface area (Å²) in [4.78, 5) is 14.8. The van der Waals surface area contributed by atoms with Gasteiger partial charge in [-0.15, -0.1) is 0 Å². The maximum Gasteiger partial charge on any atom is 0.179 e. The highest BCUT2D eigenvalue weighted by atomic mass is 16.1. The Morgan fingerprint density at radius 3 is 2.41 bits per heavy atom. The zero-order valence-electron chi connectivity index (χ0n) is 10.7. The van der Waals surface area contributed by atoms with E-state index in [2.05, 4.69) is 18.7 Å². The molecule has 0 N–H and O–H groups in total.